The Morgan fingerprint density at radius 2 is 1.86 bits per heavy atom. The number of carbonyl (C=O) groups excluding carboxylic acids is 1. The Morgan fingerprint density at radius 1 is 1.10 bits per heavy atom. The quantitative estimate of drug-likeness (QED) is 0.425. The molecule has 8 atom stereocenters. The number of carbonyl (C=O) groups is 1. The van der Waals surface area contributed by atoms with Gasteiger partial charge in [-0.3, -0.25) is 14.9 Å². The van der Waals surface area contributed by atoms with Crippen LogP contribution in [-0.2, 0) is 9.53 Å². The molecule has 0 radical (unpaired) electrons. The number of nitrogens with zero attached hydrogens (tertiary/aromatic N) is 1. The van der Waals surface area contributed by atoms with Gasteiger partial charge in [-0.25, -0.2) is 0 Å². The predicted octanol–water partition coefficient (Wildman–Crippen LogP) is 4.48. The summed E-state index contributed by atoms with van der Waals surface area (Å²) in [5.74, 6) is 1.18. The van der Waals surface area contributed by atoms with E-state index in [0.717, 1.165) is 64.0 Å². The molecule has 0 heterocycles. The molecule has 0 aromatic carbocycles. The van der Waals surface area contributed by atoms with Crippen LogP contribution in [0.2, 0.25) is 0 Å². The van der Waals surface area contributed by atoms with Gasteiger partial charge in [0.25, 0.3) is 0 Å². The van der Waals surface area contributed by atoms with Gasteiger partial charge in [-0.1, -0.05) is 13.8 Å². The Morgan fingerprint density at radius 3 is 2.55 bits per heavy atom. The van der Waals surface area contributed by atoms with Gasteiger partial charge in [-0.05, 0) is 93.0 Å². The Kier molecular flexibility index (Phi) is 5.08. The Balaban J connectivity index is 1.56. The summed E-state index contributed by atoms with van der Waals surface area (Å²) in [5, 5.41) is 22.8. The van der Waals surface area contributed by atoms with E-state index in [0.29, 0.717) is 11.8 Å². The Hall–Kier alpha value is -1.43. The fraction of sp³-hybridized carbons (Fsp3) is 0.870. The number of ether oxygens (including phenoxy) is 1. The molecule has 0 aliphatic heterocycles. The van der Waals surface area contributed by atoms with Crippen LogP contribution >= 0.6 is 0 Å². The van der Waals surface area contributed by atoms with Crippen LogP contribution in [0.1, 0.15) is 78.6 Å². The van der Waals surface area contributed by atoms with Crippen LogP contribution in [0, 0.1) is 44.6 Å². The van der Waals surface area contributed by atoms with Gasteiger partial charge >= 0.3 is 5.97 Å². The van der Waals surface area contributed by atoms with Crippen molar-refractivity contribution < 1.29 is 19.6 Å². The van der Waals surface area contributed by atoms with Gasteiger partial charge in [-0.2, -0.15) is 0 Å². The summed E-state index contributed by atoms with van der Waals surface area (Å²) in [6.07, 6.45) is 11.4. The van der Waals surface area contributed by atoms with E-state index < -0.39 is 5.60 Å². The number of hydrogen-bond donors (Lipinski definition) is 1. The summed E-state index contributed by atoms with van der Waals surface area (Å²) in [6.45, 7) is 6.06. The molecule has 29 heavy (non-hydrogen) atoms. The van der Waals surface area contributed by atoms with Crippen LogP contribution in [0.3, 0.4) is 0 Å². The van der Waals surface area contributed by atoms with Crippen molar-refractivity contribution >= 4 is 5.97 Å². The lowest BCUT2D eigenvalue weighted by molar-refractivity contribution is -0.403. The van der Waals surface area contributed by atoms with Crippen molar-refractivity contribution in [2.75, 3.05) is 0 Å². The third-order valence-electron chi connectivity index (χ3n) is 9.65. The molecule has 4 aliphatic carbocycles. The van der Waals surface area contributed by atoms with Crippen LogP contribution < -0.4 is 0 Å². The van der Waals surface area contributed by atoms with Crippen molar-refractivity contribution in [3.05, 3.63) is 22.4 Å². The summed E-state index contributed by atoms with van der Waals surface area (Å²) in [5.41, 5.74) is -0.827. The van der Waals surface area contributed by atoms with Crippen LogP contribution in [-0.4, -0.2) is 27.7 Å². The number of aliphatic hydroxyl groups is 1. The minimum Gasteiger partial charge on any atom is -0.463 e. The van der Waals surface area contributed by atoms with Crippen molar-refractivity contribution in [2.24, 2.45) is 34.5 Å². The monoisotopic (exact) mass is 405 g/mol. The molecule has 0 saturated heterocycles. The van der Waals surface area contributed by atoms with Crippen LogP contribution in [0.5, 0.6) is 0 Å². The van der Waals surface area contributed by atoms with E-state index in [1.54, 1.807) is 6.08 Å². The second kappa shape index (κ2) is 7.07. The molecule has 0 aromatic heterocycles. The van der Waals surface area contributed by atoms with Gasteiger partial charge in [0.2, 0.25) is 6.20 Å². The first-order valence-corrected chi connectivity index (χ1v) is 11.3. The van der Waals surface area contributed by atoms with Crippen LogP contribution in [0.25, 0.3) is 0 Å². The minimum absolute atomic E-state index is 0.0437. The number of fused-ring (bicyclic) bond motifs is 5. The summed E-state index contributed by atoms with van der Waals surface area (Å²) < 4.78 is 5.54. The molecule has 162 valence electrons. The molecule has 1 N–H and O–H groups in total. The standard InChI is InChI=1S/C23H35NO5/c1-15(25)29-18-7-10-21(2)17(14-18)4-5-20-19(21)8-11-22(3)16(9-13-24(27)28)6-12-23(20,22)26/h9,13,16-20,26H,4-8,10-12,14H2,1-3H3/t16-,17?,18?,19+,20-,21+,22-,23-/m1/s1. The van der Waals surface area contributed by atoms with Crippen molar-refractivity contribution in [3.63, 3.8) is 0 Å². The summed E-state index contributed by atoms with van der Waals surface area (Å²) >= 11 is 0. The highest BCUT2D eigenvalue weighted by Gasteiger charge is 2.66. The smallest absolute Gasteiger partial charge is 0.302 e. The fourth-order valence-electron chi connectivity index (χ4n) is 8.05. The van der Waals surface area contributed by atoms with Gasteiger partial charge in [0.15, 0.2) is 0 Å². The second-order valence-electron chi connectivity index (χ2n) is 10.7. The number of hydrogen-bond acceptors (Lipinski definition) is 5. The lowest BCUT2D eigenvalue weighted by Gasteiger charge is -2.63. The molecule has 0 aromatic rings. The molecule has 0 spiro atoms. The topological polar surface area (TPSA) is 89.7 Å². The van der Waals surface area contributed by atoms with Crippen LogP contribution in [0.4, 0.5) is 0 Å². The van der Waals surface area contributed by atoms with E-state index in [1.807, 2.05) is 0 Å². The highest BCUT2D eigenvalue weighted by Crippen LogP contribution is 2.69. The highest BCUT2D eigenvalue weighted by molar-refractivity contribution is 5.66. The van der Waals surface area contributed by atoms with E-state index >= 15 is 0 Å². The van der Waals surface area contributed by atoms with Gasteiger partial charge in [0, 0.05) is 12.3 Å². The zero-order valence-corrected chi connectivity index (χ0v) is 17.9. The molecule has 0 bridgehead atoms. The lowest BCUT2D eigenvalue weighted by Crippen LogP contribution is -2.62. The van der Waals surface area contributed by atoms with Crippen molar-refractivity contribution in [1.82, 2.24) is 0 Å². The van der Waals surface area contributed by atoms with Crippen molar-refractivity contribution in [2.45, 2.75) is 90.3 Å². The summed E-state index contributed by atoms with van der Waals surface area (Å²) in [7, 11) is 0. The van der Waals surface area contributed by atoms with E-state index in [2.05, 4.69) is 13.8 Å². The zero-order chi connectivity index (χ0) is 21.0. The Bertz CT molecular complexity index is 722. The third kappa shape index (κ3) is 3.13. The van der Waals surface area contributed by atoms with Gasteiger partial charge in [-0.15, -0.1) is 0 Å². The average Bonchev–Trinajstić information content (AvgIpc) is 2.91. The molecular weight excluding hydrogens is 370 g/mol. The maximum atomic E-state index is 12.0. The summed E-state index contributed by atoms with van der Waals surface area (Å²) in [6, 6.07) is 0. The van der Waals surface area contributed by atoms with E-state index in [-0.39, 0.29) is 39.7 Å². The van der Waals surface area contributed by atoms with Crippen LogP contribution in [0.15, 0.2) is 12.3 Å². The maximum absolute atomic E-state index is 12.0. The second-order valence-corrected chi connectivity index (χ2v) is 10.7. The first-order chi connectivity index (χ1) is 13.6. The molecule has 0 amide bonds. The number of rotatable bonds is 3. The molecule has 4 saturated carbocycles. The predicted molar refractivity (Wildman–Crippen MR) is 108 cm³/mol. The molecule has 4 aliphatic rings. The SMILES string of the molecule is CC(=O)OC1CC[C@@]2(C)C(CC[C@@H]3[C@@H]2CC[C@]2(C)[C@@H](C=C[N+](=O)[O-])CC[C@@]32O)C1. The minimum atomic E-state index is -0.734. The van der Waals surface area contributed by atoms with Crippen molar-refractivity contribution in [3.8, 4) is 0 Å². The van der Waals surface area contributed by atoms with E-state index in [9.17, 15) is 20.0 Å². The molecule has 2 unspecified atom stereocenters. The third-order valence-corrected chi connectivity index (χ3v) is 9.65. The number of nitro groups is 1. The van der Waals surface area contributed by atoms with Gasteiger partial charge in [0.05, 0.1) is 10.5 Å². The van der Waals surface area contributed by atoms with Gasteiger partial charge in [0.1, 0.15) is 6.10 Å². The maximum Gasteiger partial charge on any atom is 0.302 e. The Labute approximate surface area is 173 Å². The molecular formula is C23H35NO5. The van der Waals surface area contributed by atoms with Gasteiger partial charge < -0.3 is 9.84 Å². The normalized spacial score (nSPS) is 49.2. The molecule has 4 fully saturated rings. The van der Waals surface area contributed by atoms with Crippen molar-refractivity contribution in [1.29, 1.82) is 0 Å². The fourth-order valence-corrected chi connectivity index (χ4v) is 8.05. The molecule has 4 rings (SSSR count). The van der Waals surface area contributed by atoms with E-state index in [1.165, 1.54) is 6.92 Å². The first kappa shape index (κ1) is 20.8. The molecule has 6 nitrogen and oxygen atoms in total. The highest BCUT2D eigenvalue weighted by atomic mass is 16.6. The van der Waals surface area contributed by atoms with E-state index in [4.69, 9.17) is 4.74 Å². The largest absolute Gasteiger partial charge is 0.463 e. The average molecular weight is 406 g/mol. The number of esters is 1. The first-order valence-electron chi connectivity index (χ1n) is 11.3. The number of allylic oxidation sites excluding steroid dienone is 1. The zero-order valence-electron chi connectivity index (χ0n) is 17.9. The summed E-state index contributed by atoms with van der Waals surface area (Å²) in [4.78, 5) is 21.9. The lowest BCUT2D eigenvalue weighted by atomic mass is 9.43. The molecule has 6 heteroatoms.